The molecule has 1 fully saturated rings. The molecule has 0 amide bonds. The van der Waals surface area contributed by atoms with Crippen LogP contribution in [0, 0.1) is 0 Å². The SMILES string of the molecule is O=P(O)(O)[P]C1O[C@H](CO)[C@@H](O)[C@H]1O. The summed E-state index contributed by atoms with van der Waals surface area (Å²) < 4.78 is 15.4. The molecule has 1 aliphatic rings. The van der Waals surface area contributed by atoms with Crippen LogP contribution < -0.4 is 0 Å². The molecular formula is C5H11O7P2. The molecule has 0 aliphatic carbocycles. The highest BCUT2D eigenvalue weighted by molar-refractivity contribution is 8.19. The highest BCUT2D eigenvalue weighted by Crippen LogP contribution is 2.60. The van der Waals surface area contributed by atoms with E-state index in [0.29, 0.717) is 0 Å². The highest BCUT2D eigenvalue weighted by Gasteiger charge is 2.45. The lowest BCUT2D eigenvalue weighted by Crippen LogP contribution is -2.32. The third-order valence-electron chi connectivity index (χ3n) is 1.78. The van der Waals surface area contributed by atoms with Crippen LogP contribution in [0.4, 0.5) is 0 Å². The van der Waals surface area contributed by atoms with Gasteiger partial charge in [-0.1, -0.05) is 0 Å². The van der Waals surface area contributed by atoms with Crippen LogP contribution in [0.1, 0.15) is 0 Å². The molecule has 4 atom stereocenters. The molecule has 0 spiro atoms. The van der Waals surface area contributed by atoms with Gasteiger partial charge in [0.2, 0.25) is 0 Å². The fraction of sp³-hybridized carbons (Fsp3) is 1.00. The van der Waals surface area contributed by atoms with Crippen LogP contribution in [0.5, 0.6) is 0 Å². The Hall–Kier alpha value is 0.420. The van der Waals surface area contributed by atoms with E-state index in [0.717, 1.165) is 0 Å². The van der Waals surface area contributed by atoms with Crippen molar-refractivity contribution in [2.45, 2.75) is 24.2 Å². The predicted molar refractivity (Wildman–Crippen MR) is 46.7 cm³/mol. The van der Waals surface area contributed by atoms with Gasteiger partial charge in [-0.25, -0.2) is 0 Å². The molecule has 0 saturated carbocycles. The number of ether oxygens (including phenoxy) is 1. The average Bonchev–Trinajstić information content (AvgIpc) is 2.30. The van der Waals surface area contributed by atoms with Crippen LogP contribution in [-0.2, 0) is 9.30 Å². The van der Waals surface area contributed by atoms with Gasteiger partial charge in [0.05, 0.1) is 14.9 Å². The average molecular weight is 245 g/mol. The highest BCUT2D eigenvalue weighted by atomic mass is 32.1. The van der Waals surface area contributed by atoms with E-state index in [4.69, 9.17) is 19.6 Å². The van der Waals surface area contributed by atoms with Crippen LogP contribution >= 0.6 is 15.6 Å². The molecule has 1 saturated heterocycles. The van der Waals surface area contributed by atoms with Crippen molar-refractivity contribution in [2.24, 2.45) is 0 Å². The minimum atomic E-state index is -4.32. The Labute approximate surface area is 81.6 Å². The summed E-state index contributed by atoms with van der Waals surface area (Å²) in [7, 11) is -4.73. The Morgan fingerprint density at radius 3 is 2.21 bits per heavy atom. The Balaban J connectivity index is 2.61. The summed E-state index contributed by atoms with van der Waals surface area (Å²) >= 11 is 0. The minimum Gasteiger partial charge on any atom is -0.394 e. The van der Waals surface area contributed by atoms with Gasteiger partial charge in [-0.15, -0.1) is 0 Å². The lowest BCUT2D eigenvalue weighted by atomic mass is 10.2. The molecule has 9 heteroatoms. The first kappa shape index (κ1) is 12.5. The van der Waals surface area contributed by atoms with Gasteiger partial charge in [-0.3, -0.25) is 4.57 Å². The maximum Gasteiger partial charge on any atom is 0.351 e. The number of hydrogen-bond acceptors (Lipinski definition) is 5. The van der Waals surface area contributed by atoms with Crippen molar-refractivity contribution in [3.05, 3.63) is 0 Å². The maximum atomic E-state index is 10.6. The Kier molecular flexibility index (Phi) is 4.03. The molecule has 1 heterocycles. The van der Waals surface area contributed by atoms with E-state index in [1.54, 1.807) is 0 Å². The molecule has 0 aromatic heterocycles. The zero-order valence-corrected chi connectivity index (χ0v) is 8.75. The maximum absolute atomic E-state index is 10.6. The van der Waals surface area contributed by atoms with Crippen LogP contribution in [0.15, 0.2) is 0 Å². The van der Waals surface area contributed by atoms with E-state index in [2.05, 4.69) is 0 Å². The Morgan fingerprint density at radius 2 is 1.86 bits per heavy atom. The van der Waals surface area contributed by atoms with Gasteiger partial charge < -0.3 is 29.8 Å². The summed E-state index contributed by atoms with van der Waals surface area (Å²) in [5, 5.41) is 27.2. The van der Waals surface area contributed by atoms with Gasteiger partial charge in [0.15, 0.2) is 0 Å². The number of rotatable bonds is 3. The number of aliphatic hydroxyl groups is 3. The van der Waals surface area contributed by atoms with Crippen molar-refractivity contribution in [3.63, 3.8) is 0 Å². The first-order valence-electron chi connectivity index (χ1n) is 3.75. The molecule has 83 valence electrons. The summed E-state index contributed by atoms with van der Waals surface area (Å²) in [6.07, 6.45) is -3.69. The molecule has 7 nitrogen and oxygen atoms in total. The summed E-state index contributed by atoms with van der Waals surface area (Å²) in [5.74, 6) is -1.16. The van der Waals surface area contributed by atoms with E-state index < -0.39 is 46.3 Å². The Bertz CT molecular complexity index is 240. The second kappa shape index (κ2) is 4.51. The lowest BCUT2D eigenvalue weighted by molar-refractivity contribution is -0.00828. The normalized spacial score (nSPS) is 39.8. The molecule has 1 rings (SSSR count). The number of aliphatic hydroxyl groups excluding tert-OH is 3. The van der Waals surface area contributed by atoms with Crippen LogP contribution in [0.25, 0.3) is 0 Å². The van der Waals surface area contributed by atoms with Gasteiger partial charge in [0, 0.05) is 0 Å². The van der Waals surface area contributed by atoms with Crippen LogP contribution in [0.3, 0.4) is 0 Å². The molecular weight excluding hydrogens is 234 g/mol. The van der Waals surface area contributed by atoms with Crippen molar-refractivity contribution < 1.29 is 34.4 Å². The van der Waals surface area contributed by atoms with E-state index in [9.17, 15) is 14.8 Å². The summed E-state index contributed by atoms with van der Waals surface area (Å²) in [6.45, 7) is -0.509. The van der Waals surface area contributed by atoms with Crippen molar-refractivity contribution in [3.8, 4) is 0 Å². The zero-order chi connectivity index (χ0) is 10.9. The fourth-order valence-corrected chi connectivity index (χ4v) is 3.41. The van der Waals surface area contributed by atoms with Crippen molar-refractivity contribution >= 4 is 15.6 Å². The van der Waals surface area contributed by atoms with Crippen molar-refractivity contribution in [2.75, 3.05) is 6.61 Å². The van der Waals surface area contributed by atoms with Gasteiger partial charge in [0.25, 0.3) is 0 Å². The second-order valence-corrected chi connectivity index (χ2v) is 6.88. The first-order chi connectivity index (χ1) is 6.35. The molecule has 1 radical (unpaired) electrons. The Morgan fingerprint density at radius 1 is 1.29 bits per heavy atom. The van der Waals surface area contributed by atoms with E-state index in [1.807, 2.05) is 0 Å². The van der Waals surface area contributed by atoms with Crippen LogP contribution in [0.2, 0.25) is 0 Å². The largest absolute Gasteiger partial charge is 0.394 e. The van der Waals surface area contributed by atoms with Gasteiger partial charge in [0.1, 0.15) is 24.2 Å². The molecule has 5 N–H and O–H groups in total. The van der Waals surface area contributed by atoms with E-state index >= 15 is 0 Å². The monoisotopic (exact) mass is 245 g/mol. The van der Waals surface area contributed by atoms with E-state index in [-0.39, 0.29) is 0 Å². The van der Waals surface area contributed by atoms with Gasteiger partial charge in [-0.2, -0.15) is 0 Å². The fourth-order valence-electron chi connectivity index (χ4n) is 1.12. The molecule has 14 heavy (non-hydrogen) atoms. The van der Waals surface area contributed by atoms with Crippen molar-refractivity contribution in [1.29, 1.82) is 0 Å². The summed E-state index contributed by atoms with van der Waals surface area (Å²) in [6, 6.07) is 0. The topological polar surface area (TPSA) is 127 Å². The quantitative estimate of drug-likeness (QED) is 0.381. The number of hydrogen-bond donors (Lipinski definition) is 5. The third-order valence-corrected chi connectivity index (χ3v) is 4.32. The molecule has 1 unspecified atom stereocenters. The molecule has 0 bridgehead atoms. The molecule has 1 aliphatic heterocycles. The standard InChI is InChI=1S/C5H11O7P2/c6-1-2-3(7)4(8)5(12-2)13-14(9,10)11/h2-8H,1H2,(H2,9,10,11)/t2-,3-,4-,5?/m1/s1. The van der Waals surface area contributed by atoms with Crippen LogP contribution in [-0.4, -0.2) is 55.9 Å². The second-order valence-electron chi connectivity index (χ2n) is 2.86. The third kappa shape index (κ3) is 2.95. The smallest absolute Gasteiger partial charge is 0.351 e. The van der Waals surface area contributed by atoms with Gasteiger partial charge >= 0.3 is 7.28 Å². The zero-order valence-electron chi connectivity index (χ0n) is 6.96. The lowest BCUT2D eigenvalue weighted by Gasteiger charge is -2.13. The first-order valence-corrected chi connectivity index (χ1v) is 7.03. The van der Waals surface area contributed by atoms with Crippen molar-refractivity contribution in [1.82, 2.24) is 0 Å². The van der Waals surface area contributed by atoms with Gasteiger partial charge in [-0.05, 0) is 0 Å². The molecule has 0 aromatic carbocycles. The predicted octanol–water partition coefficient (Wildman–Crippen LogP) is -1.54. The summed E-state index contributed by atoms with van der Waals surface area (Å²) in [4.78, 5) is 17.2. The summed E-state index contributed by atoms with van der Waals surface area (Å²) in [5.41, 5.74) is 0. The molecule has 0 aromatic rings. The minimum absolute atomic E-state index is 0.404. The van der Waals surface area contributed by atoms with E-state index in [1.165, 1.54) is 0 Å².